The molecule has 2 aliphatic rings. The molecule has 8 nitrogen and oxygen atoms in total. The lowest BCUT2D eigenvalue weighted by atomic mass is 10.6. The van der Waals surface area contributed by atoms with Crippen molar-refractivity contribution in [1.29, 1.82) is 0 Å². The topological polar surface area (TPSA) is 97.4 Å². The van der Waals surface area contributed by atoms with E-state index in [-0.39, 0.29) is 25.6 Å². The van der Waals surface area contributed by atoms with E-state index < -0.39 is 18.2 Å². The van der Waals surface area contributed by atoms with Gasteiger partial charge >= 0.3 is 18.2 Å². The number of hydrogen-bond donors (Lipinski definition) is 0. The van der Waals surface area contributed by atoms with E-state index in [1.807, 2.05) is 0 Å². The lowest BCUT2D eigenvalue weighted by molar-refractivity contribution is 0.187. The van der Waals surface area contributed by atoms with Crippen LogP contribution in [0.2, 0.25) is 0 Å². The first-order chi connectivity index (χ1) is 6.99. The minimum Gasteiger partial charge on any atom is -0.357 e. The maximum atomic E-state index is 11.4. The molecule has 86 valence electrons. The molecule has 1 saturated heterocycles. The molecule has 2 rings (SSSR count). The highest BCUT2D eigenvalue weighted by atomic mass is 32.3. The zero-order valence-electron chi connectivity index (χ0n) is 7.32. The number of phosphoric ester groups is 1. The van der Waals surface area contributed by atoms with Crippen molar-refractivity contribution in [3.63, 3.8) is 0 Å². The van der Waals surface area contributed by atoms with Crippen LogP contribution in [0.1, 0.15) is 0 Å². The molecule has 1 fully saturated rings. The maximum absolute atomic E-state index is 11.4. The summed E-state index contributed by atoms with van der Waals surface area (Å²) in [6, 6.07) is 0. The Kier molecular flexibility index (Phi) is 2.73. The summed E-state index contributed by atoms with van der Waals surface area (Å²) in [4.78, 5) is 0. The van der Waals surface area contributed by atoms with Crippen LogP contribution in [0.25, 0.3) is 0 Å². The van der Waals surface area contributed by atoms with E-state index in [1.54, 1.807) is 0 Å². The Hall–Kier alpha value is -0.600. The third-order valence-corrected chi connectivity index (χ3v) is 3.65. The molecular weight excluding hydrogens is 251 g/mol. The van der Waals surface area contributed by atoms with Gasteiger partial charge in [-0.05, 0) is 0 Å². The normalized spacial score (nSPS) is 26.8. The molecule has 0 bridgehead atoms. The van der Waals surface area contributed by atoms with Gasteiger partial charge in [-0.3, -0.25) is 13.6 Å². The van der Waals surface area contributed by atoms with Gasteiger partial charge in [-0.15, -0.1) is 8.42 Å². The molecule has 0 aromatic carbocycles. The van der Waals surface area contributed by atoms with Crippen molar-refractivity contribution in [2.45, 2.75) is 0 Å². The van der Waals surface area contributed by atoms with E-state index in [0.717, 1.165) is 6.26 Å². The molecule has 15 heavy (non-hydrogen) atoms. The SMILES string of the molecule is O=P1(OCC2=COS(=O)(=O)O2)OCCO1. The number of hydrogen-bond acceptors (Lipinski definition) is 8. The second kappa shape index (κ2) is 3.76. The highest BCUT2D eigenvalue weighted by Crippen LogP contribution is 2.53. The van der Waals surface area contributed by atoms with E-state index in [0.29, 0.717) is 0 Å². The van der Waals surface area contributed by atoms with Gasteiger partial charge in [0.2, 0.25) is 0 Å². The minimum absolute atomic E-state index is 0.121. The Morgan fingerprint density at radius 1 is 1.40 bits per heavy atom. The van der Waals surface area contributed by atoms with Crippen LogP contribution in [0.15, 0.2) is 12.0 Å². The van der Waals surface area contributed by atoms with Gasteiger partial charge in [0.25, 0.3) is 0 Å². The Morgan fingerprint density at radius 2 is 2.07 bits per heavy atom. The number of rotatable bonds is 3. The van der Waals surface area contributed by atoms with Gasteiger partial charge in [0.1, 0.15) is 6.61 Å². The molecule has 0 saturated carbocycles. The third kappa shape index (κ3) is 2.70. The average molecular weight is 258 g/mol. The highest BCUT2D eigenvalue weighted by molar-refractivity contribution is 7.82. The predicted molar refractivity (Wildman–Crippen MR) is 44.6 cm³/mol. The summed E-state index contributed by atoms with van der Waals surface area (Å²) in [6.45, 7) is -0.0194. The lowest BCUT2D eigenvalue weighted by Gasteiger charge is -2.08. The minimum atomic E-state index is -4.00. The van der Waals surface area contributed by atoms with Crippen molar-refractivity contribution in [2.75, 3.05) is 19.8 Å². The summed E-state index contributed by atoms with van der Waals surface area (Å²) in [6.07, 6.45) is 0.845. The molecule has 0 atom stereocenters. The fourth-order valence-corrected chi connectivity index (χ4v) is 2.61. The molecular formula is C5H7O8PS. The Bertz CT molecular complexity index is 414. The van der Waals surface area contributed by atoms with Gasteiger partial charge in [-0.25, -0.2) is 4.57 Å². The van der Waals surface area contributed by atoms with Gasteiger partial charge in [0.05, 0.1) is 13.2 Å². The second-order valence-electron chi connectivity index (χ2n) is 2.56. The predicted octanol–water partition coefficient (Wildman–Crippen LogP) is 0.291. The van der Waals surface area contributed by atoms with Crippen LogP contribution in [0.4, 0.5) is 0 Å². The van der Waals surface area contributed by atoms with Gasteiger partial charge in [-0.1, -0.05) is 0 Å². The quantitative estimate of drug-likeness (QED) is 0.666. The number of phosphoric acid groups is 1. The van der Waals surface area contributed by atoms with Gasteiger partial charge in [0.15, 0.2) is 12.0 Å². The van der Waals surface area contributed by atoms with Crippen molar-refractivity contribution >= 4 is 18.2 Å². The molecule has 0 N–H and O–H groups in total. The summed E-state index contributed by atoms with van der Waals surface area (Å²) in [5, 5.41) is 0. The molecule has 2 heterocycles. The van der Waals surface area contributed by atoms with E-state index in [2.05, 4.69) is 8.37 Å². The Balaban J connectivity index is 1.87. The van der Waals surface area contributed by atoms with Crippen LogP contribution in [0.3, 0.4) is 0 Å². The second-order valence-corrected chi connectivity index (χ2v) is 5.40. The van der Waals surface area contributed by atoms with Gasteiger partial charge in [0, 0.05) is 0 Å². The molecule has 0 aromatic heterocycles. The third-order valence-electron chi connectivity index (χ3n) is 1.45. The van der Waals surface area contributed by atoms with Crippen LogP contribution in [-0.4, -0.2) is 28.2 Å². The Labute approximate surface area is 85.7 Å². The summed E-state index contributed by atoms with van der Waals surface area (Å²) in [5.74, 6) is -0.121. The molecule has 2 aliphatic heterocycles. The summed E-state index contributed by atoms with van der Waals surface area (Å²) < 4.78 is 55.2. The standard InChI is InChI=1S/C5H7O8PS/c6-14(9-1-2-10-14)11-3-5-4-12-15(7,8)13-5/h4H,1-3H2. The highest BCUT2D eigenvalue weighted by Gasteiger charge is 2.34. The molecule has 0 aliphatic carbocycles. The molecule has 0 radical (unpaired) electrons. The van der Waals surface area contributed by atoms with E-state index in [1.165, 1.54) is 0 Å². The Morgan fingerprint density at radius 3 is 2.60 bits per heavy atom. The smallest absolute Gasteiger partial charge is 0.357 e. The summed E-state index contributed by atoms with van der Waals surface area (Å²) in [7, 11) is -7.54. The van der Waals surface area contributed by atoms with Gasteiger partial charge < -0.3 is 8.37 Å². The zero-order valence-corrected chi connectivity index (χ0v) is 9.03. The van der Waals surface area contributed by atoms with Crippen molar-refractivity contribution in [1.82, 2.24) is 0 Å². The van der Waals surface area contributed by atoms with Crippen molar-refractivity contribution in [3.8, 4) is 0 Å². The summed E-state index contributed by atoms with van der Waals surface area (Å²) >= 11 is 0. The first-order valence-corrected chi connectivity index (χ1v) is 6.64. The first kappa shape index (κ1) is 10.9. The average Bonchev–Trinajstić information content (AvgIpc) is 2.70. The lowest BCUT2D eigenvalue weighted by Crippen LogP contribution is -2.02. The van der Waals surface area contributed by atoms with Crippen molar-refractivity contribution < 1.29 is 34.9 Å². The maximum Gasteiger partial charge on any atom is 0.500 e. The molecule has 0 amide bonds. The van der Waals surface area contributed by atoms with Crippen molar-refractivity contribution in [3.05, 3.63) is 12.0 Å². The van der Waals surface area contributed by atoms with Crippen LogP contribution < -0.4 is 0 Å². The molecule has 10 heteroatoms. The summed E-state index contributed by atoms with van der Waals surface area (Å²) in [5.41, 5.74) is 0. The monoisotopic (exact) mass is 258 g/mol. The van der Waals surface area contributed by atoms with Crippen LogP contribution >= 0.6 is 7.82 Å². The van der Waals surface area contributed by atoms with Crippen molar-refractivity contribution in [2.24, 2.45) is 0 Å². The van der Waals surface area contributed by atoms with E-state index >= 15 is 0 Å². The fourth-order valence-electron chi connectivity index (χ4n) is 0.894. The zero-order chi connectivity index (χ0) is 10.9. The van der Waals surface area contributed by atoms with Gasteiger partial charge in [-0.2, -0.15) is 0 Å². The fraction of sp³-hybridized carbons (Fsp3) is 0.600. The molecule has 0 spiro atoms. The largest absolute Gasteiger partial charge is 0.500 e. The van der Waals surface area contributed by atoms with E-state index in [4.69, 9.17) is 13.6 Å². The van der Waals surface area contributed by atoms with Crippen LogP contribution in [0, 0.1) is 0 Å². The first-order valence-electron chi connectivity index (χ1n) is 3.85. The van der Waals surface area contributed by atoms with E-state index in [9.17, 15) is 13.0 Å². The van der Waals surface area contributed by atoms with Crippen LogP contribution in [0.5, 0.6) is 0 Å². The van der Waals surface area contributed by atoms with Crippen LogP contribution in [-0.2, 0) is 36.9 Å². The molecule has 0 unspecified atom stereocenters. The molecule has 0 aromatic rings.